The van der Waals surface area contributed by atoms with Gasteiger partial charge in [0.05, 0.1) is 24.5 Å². The number of hydrogen-bond donors (Lipinski definition) is 2. The quantitative estimate of drug-likeness (QED) is 0.264. The van der Waals surface area contributed by atoms with E-state index in [0.29, 0.717) is 29.0 Å². The molecule has 0 aliphatic carbocycles. The summed E-state index contributed by atoms with van der Waals surface area (Å²) < 4.78 is 4.75. The number of H-pyrrole nitrogens is 1. The maximum Gasteiger partial charge on any atom is 0.356 e. The molecule has 1 aromatic carbocycles. The number of amides is 1. The van der Waals surface area contributed by atoms with Gasteiger partial charge >= 0.3 is 5.97 Å². The van der Waals surface area contributed by atoms with Crippen molar-refractivity contribution >= 4 is 40.0 Å². The highest BCUT2D eigenvalue weighted by atomic mass is 16.5. The van der Waals surface area contributed by atoms with Crippen LogP contribution in [0.3, 0.4) is 0 Å². The van der Waals surface area contributed by atoms with Crippen LogP contribution >= 0.6 is 0 Å². The van der Waals surface area contributed by atoms with E-state index in [1.54, 1.807) is 12.3 Å². The van der Waals surface area contributed by atoms with E-state index in [1.165, 1.54) is 19.2 Å². The SMILES string of the molecule is COC(=O)c1ccc(N2CCC(CN3CCN(c4ccc(C(=O)Nc5cc6[nH]c([C@H]7CCCN7C)cc6cn5)cc4)CC3)CC2)cn1. The van der Waals surface area contributed by atoms with Gasteiger partial charge in [0.15, 0.2) is 0 Å². The molecule has 0 radical (unpaired) electrons. The number of piperazine rings is 1. The van der Waals surface area contributed by atoms with Crippen LogP contribution in [0.1, 0.15) is 58.3 Å². The number of ether oxygens (including phenoxy) is 1. The number of aromatic amines is 1. The Morgan fingerprint density at radius 2 is 1.62 bits per heavy atom. The number of nitrogens with one attached hydrogen (secondary N) is 2. The number of aromatic nitrogens is 3. The van der Waals surface area contributed by atoms with E-state index in [4.69, 9.17) is 4.74 Å². The monoisotopic (exact) mass is 636 g/mol. The largest absolute Gasteiger partial charge is 0.464 e. The summed E-state index contributed by atoms with van der Waals surface area (Å²) >= 11 is 0. The van der Waals surface area contributed by atoms with Gasteiger partial charge in [-0.1, -0.05) is 0 Å². The summed E-state index contributed by atoms with van der Waals surface area (Å²) in [4.78, 5) is 46.8. The molecule has 3 aromatic heterocycles. The first-order valence-electron chi connectivity index (χ1n) is 16.8. The molecule has 47 heavy (non-hydrogen) atoms. The fourth-order valence-corrected chi connectivity index (χ4v) is 7.34. The van der Waals surface area contributed by atoms with Gasteiger partial charge in [-0.2, -0.15) is 0 Å². The Balaban J connectivity index is 0.864. The van der Waals surface area contributed by atoms with Crippen molar-refractivity contribution in [3.63, 3.8) is 0 Å². The van der Waals surface area contributed by atoms with Crippen molar-refractivity contribution in [1.29, 1.82) is 0 Å². The molecule has 2 N–H and O–H groups in total. The minimum atomic E-state index is -0.407. The third-order valence-corrected chi connectivity index (χ3v) is 10.2. The Morgan fingerprint density at radius 1 is 0.872 bits per heavy atom. The van der Waals surface area contributed by atoms with Crippen LogP contribution in [0.5, 0.6) is 0 Å². The second-order valence-corrected chi connectivity index (χ2v) is 13.1. The molecule has 3 saturated heterocycles. The minimum absolute atomic E-state index is 0.156. The van der Waals surface area contributed by atoms with E-state index in [0.717, 1.165) is 93.9 Å². The number of methoxy groups -OCH3 is 1. The van der Waals surface area contributed by atoms with Crippen LogP contribution in [0.4, 0.5) is 17.2 Å². The first kappa shape index (κ1) is 31.1. The van der Waals surface area contributed by atoms with E-state index >= 15 is 0 Å². The van der Waals surface area contributed by atoms with Crippen molar-refractivity contribution in [3.8, 4) is 0 Å². The lowest BCUT2D eigenvalue weighted by Crippen LogP contribution is -2.49. The van der Waals surface area contributed by atoms with Crippen molar-refractivity contribution in [2.24, 2.45) is 5.92 Å². The number of pyridine rings is 2. The van der Waals surface area contributed by atoms with E-state index in [1.807, 2.05) is 30.5 Å². The second-order valence-electron chi connectivity index (χ2n) is 13.1. The molecule has 3 aliphatic rings. The average molecular weight is 637 g/mol. The molecule has 0 unspecified atom stereocenters. The topological polar surface area (TPSA) is 110 Å². The third kappa shape index (κ3) is 6.96. The lowest BCUT2D eigenvalue weighted by Gasteiger charge is -2.40. The number of likely N-dealkylation sites (tertiary alicyclic amines) is 1. The number of carbonyl (C=O) groups is 2. The number of anilines is 3. The maximum absolute atomic E-state index is 13.1. The van der Waals surface area contributed by atoms with Crippen LogP contribution in [-0.2, 0) is 4.74 Å². The van der Waals surface area contributed by atoms with Crippen LogP contribution < -0.4 is 15.1 Å². The maximum atomic E-state index is 13.1. The molecular weight excluding hydrogens is 592 g/mol. The number of hydrogen-bond acceptors (Lipinski definition) is 9. The van der Waals surface area contributed by atoms with Crippen LogP contribution in [0.15, 0.2) is 60.9 Å². The van der Waals surface area contributed by atoms with Gasteiger partial charge in [0.1, 0.15) is 11.5 Å². The van der Waals surface area contributed by atoms with Gasteiger partial charge in [-0.15, -0.1) is 0 Å². The highest BCUT2D eigenvalue weighted by Gasteiger charge is 2.26. The Hall–Kier alpha value is -4.48. The number of carbonyl (C=O) groups excluding carboxylic acids is 2. The van der Waals surface area contributed by atoms with Gasteiger partial charge in [0.2, 0.25) is 0 Å². The van der Waals surface area contributed by atoms with Crippen molar-refractivity contribution < 1.29 is 14.3 Å². The molecular formula is C36H44N8O3. The fourth-order valence-electron chi connectivity index (χ4n) is 7.34. The van der Waals surface area contributed by atoms with Crippen LogP contribution in [0.2, 0.25) is 0 Å². The van der Waals surface area contributed by atoms with Gasteiger partial charge in [-0.05, 0) is 87.7 Å². The molecule has 0 bridgehead atoms. The lowest BCUT2D eigenvalue weighted by atomic mass is 9.95. The molecule has 0 saturated carbocycles. The minimum Gasteiger partial charge on any atom is -0.464 e. The van der Waals surface area contributed by atoms with E-state index in [2.05, 4.69) is 65.1 Å². The van der Waals surface area contributed by atoms with Crippen molar-refractivity contribution in [2.45, 2.75) is 31.7 Å². The normalized spacial score (nSPS) is 19.7. The standard InChI is InChI=1S/C36H44N8O3/c1-41-13-3-4-33(41)32-20-27-22-38-34(21-31(27)39-32)40-35(45)26-5-7-28(8-6-26)44-18-16-42(17-19-44)24-25-11-14-43(15-12-25)29-9-10-30(37-23-29)36(46)47-2/h5-10,20-23,25,33,39H,3-4,11-19,24H2,1-2H3,(H,38,40,45)/t33-/m1/s1. The average Bonchev–Trinajstić information content (AvgIpc) is 3.74. The first-order chi connectivity index (χ1) is 22.9. The highest BCUT2D eigenvalue weighted by molar-refractivity contribution is 6.04. The molecule has 4 aromatic rings. The molecule has 11 nitrogen and oxygen atoms in total. The van der Waals surface area contributed by atoms with E-state index in [-0.39, 0.29) is 5.91 Å². The number of rotatable bonds is 8. The summed E-state index contributed by atoms with van der Waals surface area (Å²) in [5.74, 6) is 0.667. The molecule has 3 aliphatic heterocycles. The highest BCUT2D eigenvalue weighted by Crippen LogP contribution is 2.32. The predicted molar refractivity (Wildman–Crippen MR) is 184 cm³/mol. The third-order valence-electron chi connectivity index (χ3n) is 10.2. The number of benzene rings is 1. The van der Waals surface area contributed by atoms with Gasteiger partial charge in [0, 0.05) is 86.4 Å². The molecule has 11 heteroatoms. The van der Waals surface area contributed by atoms with Gasteiger partial charge < -0.3 is 24.8 Å². The number of piperidine rings is 1. The van der Waals surface area contributed by atoms with Crippen LogP contribution in [0.25, 0.3) is 10.9 Å². The second kappa shape index (κ2) is 13.7. The fraction of sp³-hybridized carbons (Fsp3) is 0.444. The Kier molecular flexibility index (Phi) is 9.08. The van der Waals surface area contributed by atoms with Gasteiger partial charge in [0.25, 0.3) is 5.91 Å². The summed E-state index contributed by atoms with van der Waals surface area (Å²) in [5, 5.41) is 4.04. The molecule has 246 valence electrons. The smallest absolute Gasteiger partial charge is 0.356 e. The number of fused-ring (bicyclic) bond motifs is 1. The molecule has 1 atom stereocenters. The molecule has 1 amide bonds. The summed E-state index contributed by atoms with van der Waals surface area (Å²) in [6, 6.07) is 16.1. The zero-order valence-corrected chi connectivity index (χ0v) is 27.3. The summed E-state index contributed by atoms with van der Waals surface area (Å²) in [5.41, 5.74) is 5.37. The lowest BCUT2D eigenvalue weighted by molar-refractivity contribution is 0.0594. The summed E-state index contributed by atoms with van der Waals surface area (Å²) in [7, 11) is 3.54. The van der Waals surface area contributed by atoms with E-state index in [9.17, 15) is 9.59 Å². The zero-order chi connectivity index (χ0) is 32.3. The number of nitrogens with zero attached hydrogens (tertiary/aromatic N) is 6. The summed E-state index contributed by atoms with van der Waals surface area (Å²) in [6.45, 7) is 8.26. The molecule has 3 fully saturated rings. The van der Waals surface area contributed by atoms with E-state index < -0.39 is 5.97 Å². The van der Waals surface area contributed by atoms with Crippen molar-refractivity contribution in [2.75, 3.05) is 81.6 Å². The van der Waals surface area contributed by atoms with Gasteiger partial charge in [-0.3, -0.25) is 14.6 Å². The Labute approximate surface area is 275 Å². The van der Waals surface area contributed by atoms with Gasteiger partial charge in [-0.25, -0.2) is 14.8 Å². The molecule has 0 spiro atoms. The zero-order valence-electron chi connectivity index (χ0n) is 27.3. The Morgan fingerprint density at radius 3 is 2.30 bits per heavy atom. The molecule has 6 heterocycles. The summed E-state index contributed by atoms with van der Waals surface area (Å²) in [6.07, 6.45) is 8.27. The van der Waals surface area contributed by atoms with Crippen molar-refractivity contribution in [3.05, 3.63) is 77.9 Å². The molecule has 7 rings (SSSR count). The Bertz CT molecular complexity index is 1690. The number of esters is 1. The first-order valence-corrected chi connectivity index (χ1v) is 16.8. The van der Waals surface area contributed by atoms with Crippen LogP contribution in [-0.4, -0.2) is 103 Å². The van der Waals surface area contributed by atoms with Crippen molar-refractivity contribution in [1.82, 2.24) is 24.8 Å². The predicted octanol–water partition coefficient (Wildman–Crippen LogP) is 4.80. The van der Waals surface area contributed by atoms with Crippen LogP contribution in [0, 0.1) is 5.92 Å².